The molecular weight excluding hydrogens is 266 g/mol. The van der Waals surface area contributed by atoms with Crippen molar-refractivity contribution >= 4 is 11.8 Å². The lowest BCUT2D eigenvalue weighted by molar-refractivity contribution is -0.123. The number of halogens is 2. The van der Waals surface area contributed by atoms with Crippen molar-refractivity contribution in [1.29, 1.82) is 0 Å². The lowest BCUT2D eigenvalue weighted by Crippen LogP contribution is -2.48. The van der Waals surface area contributed by atoms with Gasteiger partial charge in [-0.1, -0.05) is 6.07 Å². The summed E-state index contributed by atoms with van der Waals surface area (Å²) < 4.78 is 26.9. The van der Waals surface area contributed by atoms with Crippen molar-refractivity contribution in [3.63, 3.8) is 0 Å². The number of hydrogen-bond acceptors (Lipinski definition) is 2. The van der Waals surface area contributed by atoms with Crippen LogP contribution in [0.1, 0.15) is 30.1 Å². The Bertz CT molecular complexity index is 548. The molecule has 108 valence electrons. The van der Waals surface area contributed by atoms with E-state index in [2.05, 4.69) is 0 Å². The summed E-state index contributed by atoms with van der Waals surface area (Å²) in [4.78, 5) is 24.9. The maximum atomic E-state index is 13.7. The summed E-state index contributed by atoms with van der Waals surface area (Å²) in [5.41, 5.74) is 4.94. The van der Waals surface area contributed by atoms with Crippen LogP contribution in [0.2, 0.25) is 0 Å². The zero-order valence-electron chi connectivity index (χ0n) is 11.1. The largest absolute Gasteiger partial charge is 0.369 e. The van der Waals surface area contributed by atoms with E-state index < -0.39 is 29.4 Å². The molecule has 0 aliphatic carbocycles. The fourth-order valence-corrected chi connectivity index (χ4v) is 2.45. The minimum Gasteiger partial charge on any atom is -0.369 e. The van der Waals surface area contributed by atoms with Crippen molar-refractivity contribution < 1.29 is 18.4 Å². The summed E-state index contributed by atoms with van der Waals surface area (Å²) in [6, 6.07) is 3.34. The van der Waals surface area contributed by atoms with Crippen LogP contribution in [-0.4, -0.2) is 29.3 Å². The number of carbonyl (C=O) groups excluding carboxylic acids is 2. The van der Waals surface area contributed by atoms with Crippen molar-refractivity contribution in [3.05, 3.63) is 35.4 Å². The monoisotopic (exact) mass is 282 g/mol. The van der Waals surface area contributed by atoms with Gasteiger partial charge in [-0.05, 0) is 31.9 Å². The Labute approximate surface area is 115 Å². The molecule has 0 spiro atoms. The van der Waals surface area contributed by atoms with Crippen LogP contribution in [0.25, 0.3) is 0 Å². The number of carbonyl (C=O) groups is 2. The van der Waals surface area contributed by atoms with Crippen LogP contribution in [0.4, 0.5) is 8.78 Å². The van der Waals surface area contributed by atoms with Crippen LogP contribution in [0.15, 0.2) is 18.2 Å². The fourth-order valence-electron chi connectivity index (χ4n) is 2.45. The van der Waals surface area contributed by atoms with Crippen LogP contribution in [0.5, 0.6) is 0 Å². The van der Waals surface area contributed by atoms with Gasteiger partial charge in [-0.25, -0.2) is 8.78 Å². The molecule has 0 aromatic heterocycles. The van der Waals surface area contributed by atoms with Crippen molar-refractivity contribution in [3.8, 4) is 0 Å². The van der Waals surface area contributed by atoms with Gasteiger partial charge in [-0.2, -0.15) is 0 Å². The fraction of sp³-hybridized carbons (Fsp3) is 0.429. The summed E-state index contributed by atoms with van der Waals surface area (Å²) in [6.45, 7) is 1.96. The van der Waals surface area contributed by atoms with E-state index in [1.807, 2.05) is 6.92 Å². The summed E-state index contributed by atoms with van der Waals surface area (Å²) >= 11 is 0. The number of hydrogen-bond donors (Lipinski definition) is 1. The molecule has 6 heteroatoms. The van der Waals surface area contributed by atoms with Gasteiger partial charge < -0.3 is 10.6 Å². The number of primary amides is 1. The molecule has 2 atom stereocenters. The van der Waals surface area contributed by atoms with E-state index in [0.29, 0.717) is 12.8 Å². The molecule has 1 aliphatic heterocycles. The second kappa shape index (κ2) is 5.56. The summed E-state index contributed by atoms with van der Waals surface area (Å²) in [5.74, 6) is -3.75. The van der Waals surface area contributed by atoms with Gasteiger partial charge in [0, 0.05) is 12.6 Å². The van der Waals surface area contributed by atoms with Crippen molar-refractivity contribution in [1.82, 2.24) is 4.90 Å². The molecule has 0 saturated carbocycles. The van der Waals surface area contributed by atoms with Crippen LogP contribution < -0.4 is 5.73 Å². The van der Waals surface area contributed by atoms with Gasteiger partial charge in [-0.15, -0.1) is 0 Å². The Hall–Kier alpha value is -1.98. The second-order valence-electron chi connectivity index (χ2n) is 5.08. The van der Waals surface area contributed by atoms with Crippen LogP contribution in [-0.2, 0) is 4.79 Å². The number of nitrogens with zero attached hydrogens (tertiary/aromatic N) is 1. The van der Waals surface area contributed by atoms with Gasteiger partial charge in [0.05, 0.1) is 11.5 Å². The highest BCUT2D eigenvalue weighted by atomic mass is 19.2. The lowest BCUT2D eigenvalue weighted by Gasteiger charge is -2.37. The molecule has 1 heterocycles. The first-order valence-corrected chi connectivity index (χ1v) is 6.46. The summed E-state index contributed by atoms with van der Waals surface area (Å²) in [5, 5.41) is 0. The van der Waals surface area contributed by atoms with E-state index in [4.69, 9.17) is 5.73 Å². The number of amides is 2. The van der Waals surface area contributed by atoms with Crippen molar-refractivity contribution in [2.75, 3.05) is 6.54 Å². The molecule has 2 N–H and O–H groups in total. The molecule has 1 aromatic rings. The topological polar surface area (TPSA) is 63.4 Å². The smallest absolute Gasteiger partial charge is 0.257 e. The lowest BCUT2D eigenvalue weighted by atomic mass is 9.92. The van der Waals surface area contributed by atoms with Gasteiger partial charge in [0.25, 0.3) is 5.91 Å². The van der Waals surface area contributed by atoms with Gasteiger partial charge in [0.2, 0.25) is 5.91 Å². The number of likely N-dealkylation sites (tertiary alicyclic amines) is 1. The third kappa shape index (κ3) is 2.64. The maximum Gasteiger partial charge on any atom is 0.257 e. The van der Waals surface area contributed by atoms with E-state index in [1.54, 1.807) is 0 Å². The van der Waals surface area contributed by atoms with Crippen LogP contribution >= 0.6 is 0 Å². The Kier molecular flexibility index (Phi) is 4.01. The molecule has 0 bridgehead atoms. The highest BCUT2D eigenvalue weighted by Gasteiger charge is 2.33. The van der Waals surface area contributed by atoms with E-state index in [1.165, 1.54) is 17.0 Å². The highest BCUT2D eigenvalue weighted by molar-refractivity contribution is 5.95. The summed E-state index contributed by atoms with van der Waals surface area (Å²) in [6.07, 6.45) is 1.21. The normalized spacial score (nSPS) is 22.6. The second-order valence-corrected chi connectivity index (χ2v) is 5.08. The standard InChI is InChI=1S/C14H16F2N2O2/c1-8-5-6-9(13(17)19)7-18(8)14(20)10-3-2-4-11(15)12(10)16/h2-4,8-9H,5-7H2,1H3,(H2,17,19). The van der Waals surface area contributed by atoms with Crippen molar-refractivity contribution in [2.45, 2.75) is 25.8 Å². The molecule has 2 amide bonds. The van der Waals surface area contributed by atoms with E-state index in [0.717, 1.165) is 6.07 Å². The number of piperidine rings is 1. The highest BCUT2D eigenvalue weighted by Crippen LogP contribution is 2.24. The molecule has 0 radical (unpaired) electrons. The number of benzene rings is 1. The molecule has 4 nitrogen and oxygen atoms in total. The van der Waals surface area contributed by atoms with Gasteiger partial charge in [-0.3, -0.25) is 9.59 Å². The third-order valence-electron chi connectivity index (χ3n) is 3.73. The Balaban J connectivity index is 2.26. The van der Waals surface area contributed by atoms with Crippen molar-refractivity contribution in [2.24, 2.45) is 11.7 Å². The Morgan fingerprint density at radius 2 is 2.00 bits per heavy atom. The summed E-state index contributed by atoms with van der Waals surface area (Å²) in [7, 11) is 0. The molecule has 1 fully saturated rings. The predicted molar refractivity (Wildman–Crippen MR) is 68.8 cm³/mol. The average molecular weight is 282 g/mol. The van der Waals surface area contributed by atoms with E-state index in [-0.39, 0.29) is 18.2 Å². The van der Waals surface area contributed by atoms with Gasteiger partial charge in [0.1, 0.15) is 0 Å². The quantitative estimate of drug-likeness (QED) is 0.897. The number of nitrogens with two attached hydrogens (primary N) is 1. The van der Waals surface area contributed by atoms with Crippen LogP contribution in [0, 0.1) is 17.6 Å². The SMILES string of the molecule is CC1CCC(C(N)=O)CN1C(=O)c1cccc(F)c1F. The molecule has 2 unspecified atom stereocenters. The zero-order valence-corrected chi connectivity index (χ0v) is 11.1. The number of rotatable bonds is 2. The minimum atomic E-state index is -1.16. The Morgan fingerprint density at radius 1 is 1.30 bits per heavy atom. The molecule has 1 saturated heterocycles. The molecular formula is C14H16F2N2O2. The van der Waals surface area contributed by atoms with E-state index >= 15 is 0 Å². The third-order valence-corrected chi connectivity index (χ3v) is 3.73. The average Bonchev–Trinajstić information content (AvgIpc) is 2.41. The molecule has 1 aromatic carbocycles. The molecule has 20 heavy (non-hydrogen) atoms. The maximum absolute atomic E-state index is 13.7. The first kappa shape index (κ1) is 14.4. The van der Waals surface area contributed by atoms with Crippen LogP contribution in [0.3, 0.4) is 0 Å². The first-order valence-electron chi connectivity index (χ1n) is 6.46. The zero-order chi connectivity index (χ0) is 14.9. The van der Waals surface area contributed by atoms with Gasteiger partial charge in [0.15, 0.2) is 11.6 Å². The molecule has 2 rings (SSSR count). The predicted octanol–water partition coefficient (Wildman–Crippen LogP) is 1.69. The minimum absolute atomic E-state index is 0.138. The van der Waals surface area contributed by atoms with E-state index in [9.17, 15) is 18.4 Å². The first-order chi connectivity index (χ1) is 9.41. The van der Waals surface area contributed by atoms with Gasteiger partial charge >= 0.3 is 0 Å². The Morgan fingerprint density at radius 3 is 2.65 bits per heavy atom. The molecule has 1 aliphatic rings.